The lowest BCUT2D eigenvalue weighted by atomic mass is 10.1. The smallest absolute Gasteiger partial charge is 0.325 e. The van der Waals surface area contributed by atoms with Crippen molar-refractivity contribution in [2.75, 3.05) is 12.7 Å². The second-order valence-electron chi connectivity index (χ2n) is 9.04. The number of oxime groups is 1. The van der Waals surface area contributed by atoms with Gasteiger partial charge in [0.2, 0.25) is 0 Å². The molecular formula is C28H34ClN2O4PS. The number of aryl methyl sites for hydroxylation is 2. The standard InChI is InChI=1S/C28H34ClN2O4PS/c1-20-8-13-27(16-21(20)2)37-28(25-6-4-7-26(29)17-25)22(3)31-35-19-24-11-9-23(10-12-24)18-30-14-5-15-36(32,33)34/h4,6-13,16-17,28,30H,5,14-15,18-19H2,1-3H3,(H2,32,33,34). The van der Waals surface area contributed by atoms with Gasteiger partial charge in [0.05, 0.1) is 17.1 Å². The lowest BCUT2D eigenvalue weighted by Gasteiger charge is -2.18. The van der Waals surface area contributed by atoms with E-state index in [1.807, 2.05) is 49.4 Å². The molecule has 1 unspecified atom stereocenters. The molecule has 0 aromatic heterocycles. The summed E-state index contributed by atoms with van der Waals surface area (Å²) in [4.78, 5) is 24.7. The zero-order valence-corrected chi connectivity index (χ0v) is 23.8. The molecule has 0 aliphatic rings. The Bertz CT molecular complexity index is 1250. The van der Waals surface area contributed by atoms with Crippen LogP contribution in [0.5, 0.6) is 0 Å². The summed E-state index contributed by atoms with van der Waals surface area (Å²) in [5.41, 5.74) is 6.52. The zero-order chi connectivity index (χ0) is 26.8. The highest BCUT2D eigenvalue weighted by atomic mass is 35.5. The third-order valence-corrected chi connectivity index (χ3v) is 8.37. The van der Waals surface area contributed by atoms with E-state index in [-0.39, 0.29) is 11.4 Å². The van der Waals surface area contributed by atoms with Crippen LogP contribution in [0.4, 0.5) is 0 Å². The van der Waals surface area contributed by atoms with Gasteiger partial charge in [-0.15, -0.1) is 11.8 Å². The molecule has 0 aliphatic carbocycles. The van der Waals surface area contributed by atoms with Crippen molar-refractivity contribution in [3.8, 4) is 0 Å². The molecule has 0 radical (unpaired) electrons. The summed E-state index contributed by atoms with van der Waals surface area (Å²) in [6.45, 7) is 7.74. The van der Waals surface area contributed by atoms with Crippen molar-refractivity contribution in [3.05, 3.63) is 99.6 Å². The Kier molecular flexibility index (Phi) is 11.3. The van der Waals surface area contributed by atoms with E-state index in [1.54, 1.807) is 11.8 Å². The highest BCUT2D eigenvalue weighted by molar-refractivity contribution is 8.00. The Morgan fingerprint density at radius 1 is 1.05 bits per heavy atom. The molecule has 9 heteroatoms. The molecule has 0 amide bonds. The fourth-order valence-electron chi connectivity index (χ4n) is 3.64. The molecule has 0 aliphatic heterocycles. The predicted molar refractivity (Wildman–Crippen MR) is 154 cm³/mol. The summed E-state index contributed by atoms with van der Waals surface area (Å²) in [6.07, 6.45) is 0.336. The van der Waals surface area contributed by atoms with Crippen LogP contribution in [-0.4, -0.2) is 28.2 Å². The monoisotopic (exact) mass is 560 g/mol. The molecule has 37 heavy (non-hydrogen) atoms. The van der Waals surface area contributed by atoms with Gasteiger partial charge in [0.15, 0.2) is 0 Å². The summed E-state index contributed by atoms with van der Waals surface area (Å²) < 4.78 is 10.9. The maximum atomic E-state index is 10.9. The lowest BCUT2D eigenvalue weighted by Crippen LogP contribution is -2.15. The third-order valence-electron chi connectivity index (χ3n) is 5.86. The average molecular weight is 561 g/mol. The molecule has 1 atom stereocenters. The van der Waals surface area contributed by atoms with Crippen LogP contribution < -0.4 is 5.32 Å². The van der Waals surface area contributed by atoms with Gasteiger partial charge in [-0.3, -0.25) is 4.57 Å². The van der Waals surface area contributed by atoms with Crippen LogP contribution in [0.3, 0.4) is 0 Å². The van der Waals surface area contributed by atoms with E-state index in [9.17, 15) is 4.57 Å². The van der Waals surface area contributed by atoms with Crippen LogP contribution in [0.2, 0.25) is 5.02 Å². The fourth-order valence-corrected chi connectivity index (χ4v) is 5.57. The van der Waals surface area contributed by atoms with Crippen molar-refractivity contribution in [1.29, 1.82) is 0 Å². The number of thioether (sulfide) groups is 1. The molecular weight excluding hydrogens is 527 g/mol. The Labute approximate surface area is 228 Å². The van der Waals surface area contributed by atoms with Gasteiger partial charge in [-0.1, -0.05) is 59.2 Å². The number of hydrogen-bond acceptors (Lipinski definition) is 5. The third kappa shape index (κ3) is 10.3. The second-order valence-corrected chi connectivity index (χ2v) is 12.4. The molecule has 6 nitrogen and oxygen atoms in total. The zero-order valence-electron chi connectivity index (χ0n) is 21.4. The summed E-state index contributed by atoms with van der Waals surface area (Å²) in [5, 5.41) is 8.30. The molecule has 3 N–H and O–H groups in total. The molecule has 0 fully saturated rings. The van der Waals surface area contributed by atoms with Crippen LogP contribution in [0.25, 0.3) is 0 Å². The summed E-state index contributed by atoms with van der Waals surface area (Å²) in [5.74, 6) is 0. The predicted octanol–water partition coefficient (Wildman–Crippen LogP) is 7.04. The Balaban J connectivity index is 1.59. The normalized spacial score (nSPS) is 13.0. The van der Waals surface area contributed by atoms with Crippen LogP contribution in [-0.2, 0) is 22.6 Å². The summed E-state index contributed by atoms with van der Waals surface area (Å²) in [7, 11) is -3.92. The van der Waals surface area contributed by atoms with Gasteiger partial charge in [0.1, 0.15) is 6.61 Å². The number of nitrogens with zero attached hydrogens (tertiary/aromatic N) is 1. The van der Waals surface area contributed by atoms with E-state index < -0.39 is 7.60 Å². The minimum absolute atomic E-state index is 0.0418. The highest BCUT2D eigenvalue weighted by Gasteiger charge is 2.18. The van der Waals surface area contributed by atoms with E-state index in [4.69, 9.17) is 26.2 Å². The second kappa shape index (κ2) is 14.1. The number of halogens is 1. The minimum atomic E-state index is -3.92. The maximum absolute atomic E-state index is 10.9. The van der Waals surface area contributed by atoms with Crippen LogP contribution in [0, 0.1) is 13.8 Å². The number of hydrogen-bond donors (Lipinski definition) is 3. The first-order chi connectivity index (χ1) is 17.6. The Morgan fingerprint density at radius 2 is 1.78 bits per heavy atom. The van der Waals surface area contributed by atoms with E-state index >= 15 is 0 Å². The molecule has 0 heterocycles. The average Bonchev–Trinajstić information content (AvgIpc) is 2.84. The highest BCUT2D eigenvalue weighted by Crippen LogP contribution is 2.38. The van der Waals surface area contributed by atoms with E-state index in [2.05, 4.69) is 48.6 Å². The molecule has 3 rings (SSSR count). The molecule has 0 spiro atoms. The topological polar surface area (TPSA) is 91.2 Å². The van der Waals surface area contributed by atoms with Crippen molar-refractivity contribution >= 4 is 36.7 Å². The first-order valence-electron chi connectivity index (χ1n) is 12.1. The van der Waals surface area contributed by atoms with Crippen LogP contribution >= 0.6 is 31.0 Å². The number of benzene rings is 3. The van der Waals surface area contributed by atoms with Crippen LogP contribution in [0.1, 0.15) is 46.4 Å². The van der Waals surface area contributed by atoms with Gasteiger partial charge in [0.25, 0.3) is 0 Å². The fraction of sp³-hybridized carbons (Fsp3) is 0.321. The first kappa shape index (κ1) is 29.4. The van der Waals surface area contributed by atoms with Crippen molar-refractivity contribution in [1.82, 2.24) is 5.32 Å². The SMILES string of the molecule is CC(=NOCc1ccc(CNCCCP(=O)(O)O)cc1)C(Sc1ccc(C)c(C)c1)c1cccc(Cl)c1. The number of nitrogens with one attached hydrogen (secondary N) is 1. The van der Waals surface area contributed by atoms with Crippen molar-refractivity contribution in [3.63, 3.8) is 0 Å². The molecule has 198 valence electrons. The maximum Gasteiger partial charge on any atom is 0.325 e. The molecule has 3 aromatic rings. The van der Waals surface area contributed by atoms with Gasteiger partial charge < -0.3 is 19.9 Å². The van der Waals surface area contributed by atoms with E-state index in [0.717, 1.165) is 27.3 Å². The quantitative estimate of drug-likeness (QED) is 0.0682. The van der Waals surface area contributed by atoms with Gasteiger partial charge in [-0.2, -0.15) is 0 Å². The summed E-state index contributed by atoms with van der Waals surface area (Å²) in [6, 6.07) is 22.3. The van der Waals surface area contributed by atoms with E-state index in [1.165, 1.54) is 11.1 Å². The first-order valence-corrected chi connectivity index (χ1v) is 15.2. The Morgan fingerprint density at radius 3 is 2.46 bits per heavy atom. The van der Waals surface area contributed by atoms with Gasteiger partial charge >= 0.3 is 7.60 Å². The van der Waals surface area contributed by atoms with Gasteiger partial charge in [-0.25, -0.2) is 0 Å². The summed E-state index contributed by atoms with van der Waals surface area (Å²) >= 11 is 8.01. The van der Waals surface area contributed by atoms with Crippen molar-refractivity contribution in [2.45, 2.75) is 50.5 Å². The molecule has 3 aromatic carbocycles. The molecule has 0 bridgehead atoms. The van der Waals surface area contributed by atoms with Gasteiger partial charge in [-0.05, 0) is 85.8 Å². The van der Waals surface area contributed by atoms with Gasteiger partial charge in [0, 0.05) is 16.5 Å². The molecule has 0 saturated carbocycles. The number of rotatable bonds is 13. The van der Waals surface area contributed by atoms with Crippen LogP contribution in [0.15, 0.2) is 76.8 Å². The largest absolute Gasteiger partial charge is 0.391 e. The van der Waals surface area contributed by atoms with E-state index in [0.29, 0.717) is 31.1 Å². The minimum Gasteiger partial charge on any atom is -0.391 e. The van der Waals surface area contributed by atoms with Crippen molar-refractivity contribution < 1.29 is 19.2 Å². The Hall–Kier alpha value is -2.12. The van der Waals surface area contributed by atoms with Crippen molar-refractivity contribution in [2.24, 2.45) is 5.16 Å². The molecule has 0 saturated heterocycles. The lowest BCUT2D eigenvalue weighted by molar-refractivity contribution is 0.130.